The highest BCUT2D eigenvalue weighted by molar-refractivity contribution is 5.80. The number of piperidine rings is 1. The quantitative estimate of drug-likeness (QED) is 0.830. The first kappa shape index (κ1) is 19.6. The van der Waals surface area contributed by atoms with Gasteiger partial charge in [-0.2, -0.15) is 0 Å². The Labute approximate surface area is 160 Å². The zero-order valence-corrected chi connectivity index (χ0v) is 16.2. The van der Waals surface area contributed by atoms with Gasteiger partial charge in [-0.15, -0.1) is 0 Å². The van der Waals surface area contributed by atoms with Gasteiger partial charge < -0.3 is 15.0 Å². The number of nitrogens with one attached hydrogen (secondary N) is 1. The van der Waals surface area contributed by atoms with Gasteiger partial charge in [0.2, 0.25) is 11.8 Å². The van der Waals surface area contributed by atoms with Crippen molar-refractivity contribution in [3.05, 3.63) is 29.6 Å². The summed E-state index contributed by atoms with van der Waals surface area (Å²) in [5, 5.41) is 3.09. The molecule has 1 aromatic rings. The fourth-order valence-electron chi connectivity index (χ4n) is 4.31. The molecule has 0 aromatic heterocycles. The SMILES string of the molecule is COc1cc(C[C@@]2(CCC(=O)N3CCC[C@H](C)C3)CCC(=O)N2)ccc1F. The topological polar surface area (TPSA) is 58.6 Å². The van der Waals surface area contributed by atoms with Crippen LogP contribution in [0.4, 0.5) is 4.39 Å². The number of carbonyl (C=O) groups excluding carboxylic acids is 2. The molecular formula is C21H29FN2O3. The van der Waals surface area contributed by atoms with Crippen molar-refractivity contribution in [1.82, 2.24) is 10.2 Å². The van der Waals surface area contributed by atoms with Crippen LogP contribution in [-0.4, -0.2) is 42.5 Å². The summed E-state index contributed by atoms with van der Waals surface area (Å²) in [5.41, 5.74) is 0.450. The summed E-state index contributed by atoms with van der Waals surface area (Å²) in [6.07, 6.45) is 4.98. The van der Waals surface area contributed by atoms with E-state index in [2.05, 4.69) is 12.2 Å². The molecule has 2 aliphatic rings. The molecule has 0 bridgehead atoms. The van der Waals surface area contributed by atoms with E-state index in [1.807, 2.05) is 4.90 Å². The van der Waals surface area contributed by atoms with E-state index >= 15 is 0 Å². The van der Waals surface area contributed by atoms with E-state index in [1.165, 1.54) is 19.6 Å². The molecule has 0 radical (unpaired) electrons. The normalized spacial score (nSPS) is 25.4. The maximum atomic E-state index is 13.7. The minimum atomic E-state index is -0.447. The minimum absolute atomic E-state index is 0.0168. The maximum Gasteiger partial charge on any atom is 0.222 e. The molecule has 1 aromatic carbocycles. The number of hydrogen-bond donors (Lipinski definition) is 1. The minimum Gasteiger partial charge on any atom is -0.494 e. The van der Waals surface area contributed by atoms with Gasteiger partial charge in [-0.05, 0) is 55.7 Å². The maximum absolute atomic E-state index is 13.7. The number of likely N-dealkylation sites (tertiary alicyclic amines) is 1. The van der Waals surface area contributed by atoms with Gasteiger partial charge in [-0.3, -0.25) is 9.59 Å². The highest BCUT2D eigenvalue weighted by Crippen LogP contribution is 2.31. The molecule has 0 unspecified atom stereocenters. The molecule has 2 saturated heterocycles. The summed E-state index contributed by atoms with van der Waals surface area (Å²) in [6.45, 7) is 3.84. The standard InChI is InChI=1S/C21H29FN2O3/c1-15-4-3-11-24(14-15)20(26)8-10-21(9-7-19(25)23-21)13-16-5-6-17(22)18(12-16)27-2/h5-6,12,15H,3-4,7-11,13-14H2,1-2H3,(H,23,25)/t15-,21-/m0/s1. The van der Waals surface area contributed by atoms with E-state index in [0.717, 1.165) is 25.1 Å². The van der Waals surface area contributed by atoms with E-state index in [-0.39, 0.29) is 17.6 Å². The van der Waals surface area contributed by atoms with Crippen molar-refractivity contribution in [2.75, 3.05) is 20.2 Å². The van der Waals surface area contributed by atoms with Crippen molar-refractivity contribution >= 4 is 11.8 Å². The monoisotopic (exact) mass is 376 g/mol. The highest BCUT2D eigenvalue weighted by atomic mass is 19.1. The fraction of sp³-hybridized carbons (Fsp3) is 0.619. The van der Waals surface area contributed by atoms with Crippen LogP contribution in [-0.2, 0) is 16.0 Å². The Bertz CT molecular complexity index is 709. The molecule has 0 saturated carbocycles. The van der Waals surface area contributed by atoms with Gasteiger partial charge >= 0.3 is 0 Å². The Morgan fingerprint density at radius 3 is 2.93 bits per heavy atom. The predicted octanol–water partition coefficient (Wildman–Crippen LogP) is 3.06. The van der Waals surface area contributed by atoms with E-state index in [9.17, 15) is 14.0 Å². The summed E-state index contributed by atoms with van der Waals surface area (Å²) in [4.78, 5) is 26.5. The molecule has 0 aliphatic carbocycles. The zero-order chi connectivity index (χ0) is 19.4. The van der Waals surface area contributed by atoms with Gasteiger partial charge in [0.15, 0.2) is 11.6 Å². The first-order chi connectivity index (χ1) is 12.9. The molecule has 27 heavy (non-hydrogen) atoms. The van der Waals surface area contributed by atoms with Crippen LogP contribution in [0.2, 0.25) is 0 Å². The first-order valence-corrected chi connectivity index (χ1v) is 9.82. The third-order valence-electron chi connectivity index (χ3n) is 5.82. The van der Waals surface area contributed by atoms with Crippen molar-refractivity contribution in [1.29, 1.82) is 0 Å². The Morgan fingerprint density at radius 1 is 1.44 bits per heavy atom. The average molecular weight is 376 g/mol. The second kappa shape index (κ2) is 8.28. The Balaban J connectivity index is 1.68. The van der Waals surface area contributed by atoms with Gasteiger partial charge in [-0.1, -0.05) is 13.0 Å². The lowest BCUT2D eigenvalue weighted by atomic mass is 9.84. The summed E-state index contributed by atoms with van der Waals surface area (Å²) >= 11 is 0. The molecule has 2 atom stereocenters. The lowest BCUT2D eigenvalue weighted by molar-refractivity contribution is -0.133. The van der Waals surface area contributed by atoms with Crippen LogP contribution in [0.25, 0.3) is 0 Å². The van der Waals surface area contributed by atoms with Crippen LogP contribution < -0.4 is 10.1 Å². The molecule has 1 N–H and O–H groups in total. The molecule has 2 heterocycles. The zero-order valence-electron chi connectivity index (χ0n) is 16.2. The van der Waals surface area contributed by atoms with Crippen LogP contribution in [0.3, 0.4) is 0 Å². The smallest absolute Gasteiger partial charge is 0.222 e. The van der Waals surface area contributed by atoms with E-state index in [4.69, 9.17) is 4.74 Å². The Morgan fingerprint density at radius 2 is 2.26 bits per heavy atom. The number of halogens is 1. The van der Waals surface area contributed by atoms with E-state index in [0.29, 0.717) is 38.0 Å². The lowest BCUT2D eigenvalue weighted by Gasteiger charge is -2.33. The summed E-state index contributed by atoms with van der Waals surface area (Å²) in [5.74, 6) is 0.530. The molecule has 0 spiro atoms. The number of methoxy groups -OCH3 is 1. The summed E-state index contributed by atoms with van der Waals surface area (Å²) < 4.78 is 18.8. The number of nitrogens with zero attached hydrogens (tertiary/aromatic N) is 1. The number of hydrogen-bond acceptors (Lipinski definition) is 3. The van der Waals surface area contributed by atoms with Crippen LogP contribution in [0.5, 0.6) is 5.75 Å². The van der Waals surface area contributed by atoms with Gasteiger partial charge in [0.05, 0.1) is 7.11 Å². The molecule has 2 fully saturated rings. The number of benzene rings is 1. The molecule has 148 valence electrons. The number of amides is 2. The summed E-state index contributed by atoms with van der Waals surface area (Å²) in [7, 11) is 1.44. The molecule has 5 nitrogen and oxygen atoms in total. The lowest BCUT2D eigenvalue weighted by Crippen LogP contribution is -2.45. The van der Waals surface area contributed by atoms with Gasteiger partial charge in [0.25, 0.3) is 0 Å². The van der Waals surface area contributed by atoms with Crippen LogP contribution in [0.1, 0.15) is 51.0 Å². The molecule has 2 amide bonds. The third kappa shape index (κ3) is 4.79. The molecule has 2 aliphatic heterocycles. The Kier molecular flexibility index (Phi) is 6.02. The fourth-order valence-corrected chi connectivity index (χ4v) is 4.31. The molecular weight excluding hydrogens is 347 g/mol. The number of ether oxygens (including phenoxy) is 1. The van der Waals surface area contributed by atoms with Crippen molar-refractivity contribution in [2.45, 2.75) is 57.4 Å². The van der Waals surface area contributed by atoms with Gasteiger partial charge in [0, 0.05) is 31.5 Å². The van der Waals surface area contributed by atoms with Crippen molar-refractivity contribution in [3.8, 4) is 5.75 Å². The largest absolute Gasteiger partial charge is 0.494 e. The average Bonchev–Trinajstić information content (AvgIpc) is 3.02. The Hall–Kier alpha value is -2.11. The van der Waals surface area contributed by atoms with E-state index in [1.54, 1.807) is 12.1 Å². The summed E-state index contributed by atoms with van der Waals surface area (Å²) in [6, 6.07) is 4.78. The second-order valence-electron chi connectivity index (χ2n) is 8.06. The van der Waals surface area contributed by atoms with Gasteiger partial charge in [-0.25, -0.2) is 4.39 Å². The van der Waals surface area contributed by atoms with Crippen molar-refractivity contribution in [3.63, 3.8) is 0 Å². The van der Waals surface area contributed by atoms with Crippen molar-refractivity contribution < 1.29 is 18.7 Å². The third-order valence-corrected chi connectivity index (χ3v) is 5.82. The van der Waals surface area contributed by atoms with Crippen LogP contribution in [0.15, 0.2) is 18.2 Å². The highest BCUT2D eigenvalue weighted by Gasteiger charge is 2.38. The van der Waals surface area contributed by atoms with Gasteiger partial charge in [0.1, 0.15) is 0 Å². The predicted molar refractivity (Wildman–Crippen MR) is 101 cm³/mol. The number of carbonyl (C=O) groups is 2. The first-order valence-electron chi connectivity index (χ1n) is 9.82. The molecule has 3 rings (SSSR count). The molecule has 6 heteroatoms. The van der Waals surface area contributed by atoms with Crippen molar-refractivity contribution in [2.24, 2.45) is 5.92 Å². The van der Waals surface area contributed by atoms with E-state index < -0.39 is 11.4 Å². The second-order valence-corrected chi connectivity index (χ2v) is 8.06. The van der Waals surface area contributed by atoms with Crippen LogP contribution in [0, 0.1) is 11.7 Å². The number of rotatable bonds is 6. The van der Waals surface area contributed by atoms with Crippen LogP contribution >= 0.6 is 0 Å².